The van der Waals surface area contributed by atoms with Crippen LogP contribution in [0.5, 0.6) is 0 Å². The van der Waals surface area contributed by atoms with Crippen LogP contribution in [0, 0.1) is 17.0 Å². The third-order valence-electron chi connectivity index (χ3n) is 1.71. The van der Waals surface area contributed by atoms with Gasteiger partial charge in [0.05, 0.1) is 11.5 Å². The van der Waals surface area contributed by atoms with Gasteiger partial charge in [0, 0.05) is 11.6 Å². The Labute approximate surface area is 75.2 Å². The van der Waals surface area contributed by atoms with Gasteiger partial charge in [-0.15, -0.1) is 0 Å². The van der Waals surface area contributed by atoms with Crippen LogP contribution >= 0.6 is 0 Å². The summed E-state index contributed by atoms with van der Waals surface area (Å²) in [6.07, 6.45) is 0. The van der Waals surface area contributed by atoms with Gasteiger partial charge in [-0.05, 0) is 24.6 Å². The smallest absolute Gasteiger partial charge is 0.272 e. The highest BCUT2D eigenvalue weighted by molar-refractivity contribution is 5.41. The molecule has 0 aromatic heterocycles. The van der Waals surface area contributed by atoms with Crippen LogP contribution in [0.15, 0.2) is 18.2 Å². The monoisotopic (exact) mass is 182 g/mol. The van der Waals surface area contributed by atoms with E-state index in [1.54, 1.807) is 19.1 Å². The molecular weight excluding hydrogens is 172 g/mol. The number of benzene rings is 1. The molecule has 0 aliphatic heterocycles. The Bertz CT molecular complexity index is 325. The van der Waals surface area contributed by atoms with Crippen LogP contribution in [0.2, 0.25) is 0 Å². The van der Waals surface area contributed by atoms with Crippen LogP contribution in [0.1, 0.15) is 11.1 Å². The average Bonchev–Trinajstić information content (AvgIpc) is 2.04. The van der Waals surface area contributed by atoms with Crippen molar-refractivity contribution in [2.45, 2.75) is 13.5 Å². The predicted molar refractivity (Wildman–Crippen MR) is 46.8 cm³/mol. The normalized spacial score (nSPS) is 10.0. The molecular formula is C8H10N2O3. The largest absolute Gasteiger partial charge is 0.300 e. The van der Waals surface area contributed by atoms with E-state index in [9.17, 15) is 10.1 Å². The van der Waals surface area contributed by atoms with Gasteiger partial charge >= 0.3 is 0 Å². The van der Waals surface area contributed by atoms with Crippen molar-refractivity contribution in [2.75, 3.05) is 0 Å². The fourth-order valence-electron chi connectivity index (χ4n) is 1.11. The highest BCUT2D eigenvalue weighted by atomic mass is 16.6. The minimum Gasteiger partial charge on any atom is -0.300 e. The molecule has 5 nitrogen and oxygen atoms in total. The second kappa shape index (κ2) is 3.97. The first kappa shape index (κ1) is 9.63. The number of nitro benzene ring substituents is 1. The van der Waals surface area contributed by atoms with Gasteiger partial charge in [-0.25, -0.2) is 5.90 Å². The third kappa shape index (κ3) is 2.24. The molecule has 0 saturated heterocycles. The van der Waals surface area contributed by atoms with E-state index in [1.165, 1.54) is 6.07 Å². The summed E-state index contributed by atoms with van der Waals surface area (Å²) in [6.45, 7) is 1.94. The van der Waals surface area contributed by atoms with Gasteiger partial charge in [0.15, 0.2) is 0 Å². The van der Waals surface area contributed by atoms with Crippen molar-refractivity contribution in [3.63, 3.8) is 0 Å². The zero-order chi connectivity index (χ0) is 9.84. The van der Waals surface area contributed by atoms with Gasteiger partial charge in [0.25, 0.3) is 5.69 Å². The molecule has 0 aliphatic carbocycles. The number of aryl methyl sites for hydroxylation is 1. The number of nitrogens with two attached hydrogens (primary N) is 1. The van der Waals surface area contributed by atoms with Crippen molar-refractivity contribution < 1.29 is 9.76 Å². The van der Waals surface area contributed by atoms with Gasteiger partial charge in [0.1, 0.15) is 0 Å². The third-order valence-corrected chi connectivity index (χ3v) is 1.71. The highest BCUT2D eigenvalue weighted by Crippen LogP contribution is 2.18. The predicted octanol–water partition coefficient (Wildman–Crippen LogP) is 1.29. The molecule has 1 rings (SSSR count). The summed E-state index contributed by atoms with van der Waals surface area (Å²) < 4.78 is 0. The molecule has 0 radical (unpaired) electrons. The van der Waals surface area contributed by atoms with Crippen molar-refractivity contribution in [3.05, 3.63) is 39.4 Å². The molecule has 0 bridgehead atoms. The molecule has 0 unspecified atom stereocenters. The molecule has 70 valence electrons. The van der Waals surface area contributed by atoms with E-state index >= 15 is 0 Å². The van der Waals surface area contributed by atoms with Crippen molar-refractivity contribution in [1.82, 2.24) is 0 Å². The Morgan fingerprint density at radius 1 is 1.62 bits per heavy atom. The summed E-state index contributed by atoms with van der Waals surface area (Å²) >= 11 is 0. The van der Waals surface area contributed by atoms with E-state index in [4.69, 9.17) is 5.90 Å². The lowest BCUT2D eigenvalue weighted by Gasteiger charge is -2.00. The second-order valence-electron chi connectivity index (χ2n) is 2.69. The maximum absolute atomic E-state index is 10.4. The molecule has 0 fully saturated rings. The summed E-state index contributed by atoms with van der Waals surface area (Å²) in [7, 11) is 0. The fourth-order valence-corrected chi connectivity index (χ4v) is 1.11. The standard InChI is InChI=1S/C8H10N2O3/c1-6-4-7(5-13-9)2-3-8(6)10(11)12/h2-4H,5,9H2,1H3. The quantitative estimate of drug-likeness (QED) is 0.564. The van der Waals surface area contributed by atoms with Gasteiger partial charge in [-0.3, -0.25) is 15.0 Å². The molecule has 0 saturated carbocycles. The van der Waals surface area contributed by atoms with Crippen LogP contribution < -0.4 is 5.90 Å². The zero-order valence-electron chi connectivity index (χ0n) is 7.19. The first-order valence-corrected chi connectivity index (χ1v) is 3.70. The molecule has 0 heterocycles. The summed E-state index contributed by atoms with van der Waals surface area (Å²) in [6, 6.07) is 4.76. The number of rotatable bonds is 3. The minimum atomic E-state index is -0.414. The molecule has 0 aliphatic rings. The van der Waals surface area contributed by atoms with E-state index in [0.717, 1.165) is 5.56 Å². The van der Waals surface area contributed by atoms with Crippen molar-refractivity contribution in [3.8, 4) is 0 Å². The molecule has 0 atom stereocenters. The van der Waals surface area contributed by atoms with Gasteiger partial charge in [0.2, 0.25) is 0 Å². The molecule has 1 aromatic rings. The van der Waals surface area contributed by atoms with Crippen LogP contribution in [0.4, 0.5) is 5.69 Å². The fraction of sp³-hybridized carbons (Fsp3) is 0.250. The maximum Gasteiger partial charge on any atom is 0.272 e. The van der Waals surface area contributed by atoms with Crippen molar-refractivity contribution >= 4 is 5.69 Å². The zero-order valence-corrected chi connectivity index (χ0v) is 7.19. The van der Waals surface area contributed by atoms with Crippen LogP contribution in [0.25, 0.3) is 0 Å². The lowest BCUT2D eigenvalue weighted by molar-refractivity contribution is -0.385. The van der Waals surface area contributed by atoms with E-state index in [0.29, 0.717) is 5.56 Å². The van der Waals surface area contributed by atoms with Gasteiger partial charge in [-0.1, -0.05) is 0 Å². The van der Waals surface area contributed by atoms with Crippen molar-refractivity contribution in [1.29, 1.82) is 0 Å². The molecule has 2 N–H and O–H groups in total. The molecule has 5 heteroatoms. The first-order chi connectivity index (χ1) is 6.15. The number of nitro groups is 1. The first-order valence-electron chi connectivity index (χ1n) is 3.70. The Morgan fingerprint density at radius 3 is 2.77 bits per heavy atom. The van der Waals surface area contributed by atoms with E-state index < -0.39 is 4.92 Å². The van der Waals surface area contributed by atoms with Gasteiger partial charge < -0.3 is 0 Å². The number of nitrogens with zero attached hydrogens (tertiary/aromatic N) is 1. The lowest BCUT2D eigenvalue weighted by atomic mass is 10.1. The minimum absolute atomic E-state index is 0.112. The Hall–Kier alpha value is -1.46. The number of hydrogen-bond donors (Lipinski definition) is 1. The lowest BCUT2D eigenvalue weighted by Crippen LogP contribution is -2.00. The Morgan fingerprint density at radius 2 is 2.31 bits per heavy atom. The molecule has 1 aromatic carbocycles. The second-order valence-corrected chi connectivity index (χ2v) is 2.69. The molecule has 13 heavy (non-hydrogen) atoms. The summed E-state index contributed by atoms with van der Waals surface area (Å²) in [5.74, 6) is 4.87. The summed E-state index contributed by atoms with van der Waals surface area (Å²) in [4.78, 5) is 14.4. The van der Waals surface area contributed by atoms with Crippen molar-refractivity contribution in [2.24, 2.45) is 5.90 Å². The Balaban J connectivity index is 2.98. The number of hydrogen-bond acceptors (Lipinski definition) is 4. The SMILES string of the molecule is Cc1cc(CON)ccc1[N+](=O)[O-]. The van der Waals surface area contributed by atoms with E-state index in [2.05, 4.69) is 4.84 Å². The van der Waals surface area contributed by atoms with Gasteiger partial charge in [-0.2, -0.15) is 0 Å². The molecule has 0 spiro atoms. The maximum atomic E-state index is 10.4. The van der Waals surface area contributed by atoms with Crippen LogP contribution in [-0.2, 0) is 11.4 Å². The van der Waals surface area contributed by atoms with E-state index in [1.807, 2.05) is 0 Å². The van der Waals surface area contributed by atoms with Crippen LogP contribution in [0.3, 0.4) is 0 Å². The summed E-state index contributed by atoms with van der Waals surface area (Å²) in [5, 5.41) is 10.4. The molecule has 0 amide bonds. The summed E-state index contributed by atoms with van der Waals surface area (Å²) in [5.41, 5.74) is 1.55. The topological polar surface area (TPSA) is 78.4 Å². The van der Waals surface area contributed by atoms with E-state index in [-0.39, 0.29) is 12.3 Å². The Kier molecular flexibility index (Phi) is 2.94. The van der Waals surface area contributed by atoms with Crippen LogP contribution in [-0.4, -0.2) is 4.92 Å². The average molecular weight is 182 g/mol. The highest BCUT2D eigenvalue weighted by Gasteiger charge is 2.09.